The molecule has 1 rings (SSSR count). The first-order valence-corrected chi connectivity index (χ1v) is 4.33. The van der Waals surface area contributed by atoms with Gasteiger partial charge in [-0.25, -0.2) is 0 Å². The summed E-state index contributed by atoms with van der Waals surface area (Å²) in [6, 6.07) is 1.76. The van der Waals surface area contributed by atoms with Crippen molar-refractivity contribution in [1.82, 2.24) is 9.88 Å². The van der Waals surface area contributed by atoms with Crippen molar-refractivity contribution in [3.8, 4) is 0 Å². The molecule has 1 aromatic heterocycles. The molecule has 0 aliphatic heterocycles. The summed E-state index contributed by atoms with van der Waals surface area (Å²) in [5.41, 5.74) is -2.50. The number of amides is 1. The zero-order valence-electron chi connectivity index (χ0n) is 8.34. The molecule has 0 spiro atoms. The minimum Gasteiger partial charge on any atom is -0.358 e. The van der Waals surface area contributed by atoms with Crippen LogP contribution in [0, 0.1) is 0 Å². The van der Waals surface area contributed by atoms with Gasteiger partial charge in [0.25, 0.3) is 5.56 Å². The summed E-state index contributed by atoms with van der Waals surface area (Å²) in [6.07, 6.45) is -3.57. The number of rotatable bonds is 2. The molecule has 0 saturated carbocycles. The molecule has 4 nitrogen and oxygen atoms in total. The third-order valence-corrected chi connectivity index (χ3v) is 1.92. The van der Waals surface area contributed by atoms with Crippen LogP contribution in [0.4, 0.5) is 13.2 Å². The Balaban J connectivity index is 3.15. The summed E-state index contributed by atoms with van der Waals surface area (Å²) in [5.74, 6) is -0.540. The van der Waals surface area contributed by atoms with E-state index in [-0.39, 0.29) is 0 Å². The van der Waals surface area contributed by atoms with E-state index in [0.717, 1.165) is 12.3 Å². The molecule has 0 aliphatic carbocycles. The van der Waals surface area contributed by atoms with Crippen molar-refractivity contribution < 1.29 is 18.0 Å². The number of halogens is 3. The highest BCUT2D eigenvalue weighted by molar-refractivity contribution is 5.75. The van der Waals surface area contributed by atoms with Crippen molar-refractivity contribution in [3.63, 3.8) is 0 Å². The van der Waals surface area contributed by atoms with Crippen LogP contribution in [0.5, 0.6) is 0 Å². The molecule has 0 saturated heterocycles. The van der Waals surface area contributed by atoms with Crippen molar-refractivity contribution in [2.24, 2.45) is 0 Å². The third kappa shape index (κ3) is 2.62. The average Bonchev–Trinajstić information content (AvgIpc) is 2.19. The van der Waals surface area contributed by atoms with E-state index in [4.69, 9.17) is 0 Å². The highest BCUT2D eigenvalue weighted by Gasteiger charge is 2.34. The van der Waals surface area contributed by atoms with E-state index in [1.165, 1.54) is 7.05 Å². The number of nitrogens with one attached hydrogen (secondary N) is 1. The van der Waals surface area contributed by atoms with Gasteiger partial charge in [-0.2, -0.15) is 13.2 Å². The smallest absolute Gasteiger partial charge is 0.358 e. The van der Waals surface area contributed by atoms with Gasteiger partial charge in [-0.05, 0) is 12.1 Å². The normalized spacial score (nSPS) is 11.2. The first kappa shape index (κ1) is 12.3. The fourth-order valence-corrected chi connectivity index (χ4v) is 1.11. The lowest BCUT2D eigenvalue weighted by molar-refractivity contribution is -0.139. The lowest BCUT2D eigenvalue weighted by Gasteiger charge is -2.09. The lowest BCUT2D eigenvalue weighted by atomic mass is 10.2. The Labute approximate surface area is 88.7 Å². The second-order valence-corrected chi connectivity index (χ2v) is 3.03. The first-order valence-electron chi connectivity index (χ1n) is 4.33. The molecule has 0 fully saturated rings. The standard InChI is InChI=1S/C9H9F3N2O2/c1-13-7(15)5-14-4-2-3-6(8(14)16)9(10,11)12/h2-4H,5H2,1H3,(H,13,15). The summed E-state index contributed by atoms with van der Waals surface area (Å²) in [5, 5.41) is 2.22. The second kappa shape index (κ2) is 4.38. The molecule has 0 atom stereocenters. The Morgan fingerprint density at radius 2 is 2.12 bits per heavy atom. The molecule has 7 heteroatoms. The summed E-state index contributed by atoms with van der Waals surface area (Å²) >= 11 is 0. The Hall–Kier alpha value is -1.79. The highest BCUT2D eigenvalue weighted by atomic mass is 19.4. The lowest BCUT2D eigenvalue weighted by Crippen LogP contribution is -2.33. The SMILES string of the molecule is CNC(=O)Cn1cccc(C(F)(F)F)c1=O. The maximum Gasteiger partial charge on any atom is 0.421 e. The Bertz CT molecular complexity index is 451. The molecular weight excluding hydrogens is 225 g/mol. The van der Waals surface area contributed by atoms with Gasteiger partial charge in [0, 0.05) is 13.2 Å². The van der Waals surface area contributed by atoms with Crippen molar-refractivity contribution in [1.29, 1.82) is 0 Å². The number of nitrogens with zero attached hydrogens (tertiary/aromatic N) is 1. The van der Waals surface area contributed by atoms with E-state index < -0.39 is 29.8 Å². The summed E-state index contributed by atoms with van der Waals surface area (Å²) in [6.45, 7) is -0.431. The molecule has 1 aromatic rings. The highest BCUT2D eigenvalue weighted by Crippen LogP contribution is 2.25. The topological polar surface area (TPSA) is 51.1 Å². The maximum absolute atomic E-state index is 12.3. The molecular formula is C9H9F3N2O2. The molecule has 0 radical (unpaired) electrons. The zero-order chi connectivity index (χ0) is 12.3. The Morgan fingerprint density at radius 1 is 1.50 bits per heavy atom. The van der Waals surface area contributed by atoms with Gasteiger partial charge < -0.3 is 9.88 Å². The van der Waals surface area contributed by atoms with E-state index in [1.54, 1.807) is 0 Å². The van der Waals surface area contributed by atoms with Gasteiger partial charge in [0.1, 0.15) is 12.1 Å². The van der Waals surface area contributed by atoms with Crippen LogP contribution in [0.15, 0.2) is 23.1 Å². The minimum absolute atomic E-state index is 0.431. The van der Waals surface area contributed by atoms with Crippen LogP contribution in [0.1, 0.15) is 5.56 Å². The number of likely N-dealkylation sites (N-methyl/N-ethyl adjacent to an activating group) is 1. The van der Waals surface area contributed by atoms with Gasteiger partial charge in [-0.3, -0.25) is 9.59 Å². The largest absolute Gasteiger partial charge is 0.421 e. The van der Waals surface area contributed by atoms with Crippen LogP contribution in [-0.4, -0.2) is 17.5 Å². The molecule has 1 heterocycles. The van der Waals surface area contributed by atoms with E-state index >= 15 is 0 Å². The molecule has 0 unspecified atom stereocenters. The number of pyridine rings is 1. The van der Waals surface area contributed by atoms with Crippen LogP contribution in [0.2, 0.25) is 0 Å². The molecule has 0 aliphatic rings. The quantitative estimate of drug-likeness (QED) is 0.815. The number of carbonyl (C=O) groups is 1. The molecule has 88 valence electrons. The van der Waals surface area contributed by atoms with Gasteiger partial charge in [0.15, 0.2) is 0 Å². The van der Waals surface area contributed by atoms with Crippen molar-refractivity contribution >= 4 is 5.91 Å². The summed E-state index contributed by atoms with van der Waals surface area (Å²) < 4.78 is 37.7. The molecule has 1 N–H and O–H groups in total. The Kier molecular flexibility index (Phi) is 3.36. The number of hydrogen-bond donors (Lipinski definition) is 1. The van der Waals surface area contributed by atoms with Crippen LogP contribution in [-0.2, 0) is 17.5 Å². The van der Waals surface area contributed by atoms with Gasteiger partial charge >= 0.3 is 6.18 Å². The molecule has 1 amide bonds. The number of carbonyl (C=O) groups excluding carboxylic acids is 1. The fraction of sp³-hybridized carbons (Fsp3) is 0.333. The van der Waals surface area contributed by atoms with Crippen LogP contribution in [0.25, 0.3) is 0 Å². The van der Waals surface area contributed by atoms with Crippen molar-refractivity contribution in [2.75, 3.05) is 7.05 Å². The third-order valence-electron chi connectivity index (χ3n) is 1.92. The summed E-state index contributed by atoms with van der Waals surface area (Å²) in [7, 11) is 1.33. The molecule has 0 aromatic carbocycles. The summed E-state index contributed by atoms with van der Waals surface area (Å²) in [4.78, 5) is 22.3. The predicted molar refractivity (Wildman–Crippen MR) is 49.8 cm³/mol. The molecule has 0 bridgehead atoms. The van der Waals surface area contributed by atoms with Crippen molar-refractivity contribution in [3.05, 3.63) is 34.2 Å². The first-order chi connectivity index (χ1) is 7.36. The van der Waals surface area contributed by atoms with E-state index in [1.807, 2.05) is 0 Å². The monoisotopic (exact) mass is 234 g/mol. The number of hydrogen-bond acceptors (Lipinski definition) is 2. The van der Waals surface area contributed by atoms with Crippen LogP contribution < -0.4 is 10.9 Å². The predicted octanol–water partition coefficient (Wildman–Crippen LogP) is 0.613. The number of alkyl halides is 3. The maximum atomic E-state index is 12.3. The number of aromatic nitrogens is 1. The van der Waals surface area contributed by atoms with Gasteiger partial charge in [0.2, 0.25) is 5.91 Å². The van der Waals surface area contributed by atoms with Crippen molar-refractivity contribution in [2.45, 2.75) is 12.7 Å². The Morgan fingerprint density at radius 3 is 2.62 bits per heavy atom. The minimum atomic E-state index is -4.71. The van der Waals surface area contributed by atoms with Gasteiger partial charge in [0.05, 0.1) is 0 Å². The van der Waals surface area contributed by atoms with E-state index in [9.17, 15) is 22.8 Å². The van der Waals surface area contributed by atoms with Crippen LogP contribution >= 0.6 is 0 Å². The van der Waals surface area contributed by atoms with Gasteiger partial charge in [-0.15, -0.1) is 0 Å². The van der Waals surface area contributed by atoms with E-state index in [0.29, 0.717) is 10.6 Å². The zero-order valence-corrected chi connectivity index (χ0v) is 8.34. The second-order valence-electron chi connectivity index (χ2n) is 3.03. The molecule has 16 heavy (non-hydrogen) atoms. The van der Waals surface area contributed by atoms with E-state index in [2.05, 4.69) is 5.32 Å². The fourth-order valence-electron chi connectivity index (χ4n) is 1.11. The average molecular weight is 234 g/mol. The van der Waals surface area contributed by atoms with Gasteiger partial charge in [-0.1, -0.05) is 0 Å². The van der Waals surface area contributed by atoms with Crippen LogP contribution in [0.3, 0.4) is 0 Å².